The van der Waals surface area contributed by atoms with E-state index < -0.39 is 0 Å². The van der Waals surface area contributed by atoms with Crippen LogP contribution >= 0.6 is 11.8 Å². The summed E-state index contributed by atoms with van der Waals surface area (Å²) in [4.78, 5) is 0. The lowest BCUT2D eigenvalue weighted by Crippen LogP contribution is -2.31. The van der Waals surface area contributed by atoms with E-state index >= 15 is 0 Å². The average Bonchev–Trinajstić information content (AvgIpc) is 2.30. The summed E-state index contributed by atoms with van der Waals surface area (Å²) in [5.41, 5.74) is 1.26. The molecule has 1 N–H and O–H groups in total. The normalized spacial score (nSPS) is 12.2. The van der Waals surface area contributed by atoms with Gasteiger partial charge in [-0.1, -0.05) is 42.5 Å². The monoisotopic (exact) mass is 235 g/mol. The van der Waals surface area contributed by atoms with Gasteiger partial charge in [-0.15, -0.1) is 0 Å². The second-order valence-corrected chi connectivity index (χ2v) is 5.92. The first-order valence-electron chi connectivity index (χ1n) is 5.61. The first-order chi connectivity index (χ1) is 7.64. The third kappa shape index (κ3) is 5.38. The molecular formula is C14H21NS. The van der Waals surface area contributed by atoms with Gasteiger partial charge in [0.25, 0.3) is 0 Å². The third-order valence-electron chi connectivity index (χ3n) is 2.48. The SMILES string of the molecule is CSC(C)(C)CNC/C=C/c1ccccc1. The Kier molecular flexibility index (Phi) is 5.64. The highest BCUT2D eigenvalue weighted by molar-refractivity contribution is 7.99. The summed E-state index contributed by atoms with van der Waals surface area (Å²) in [5.74, 6) is 0. The summed E-state index contributed by atoms with van der Waals surface area (Å²) < 4.78 is 0.320. The molecule has 0 aliphatic carbocycles. The quantitative estimate of drug-likeness (QED) is 0.758. The number of hydrogen-bond donors (Lipinski definition) is 1. The van der Waals surface area contributed by atoms with Crippen molar-refractivity contribution in [2.75, 3.05) is 19.3 Å². The van der Waals surface area contributed by atoms with Gasteiger partial charge in [0.1, 0.15) is 0 Å². The van der Waals surface area contributed by atoms with E-state index in [1.807, 2.05) is 17.8 Å². The molecular weight excluding hydrogens is 214 g/mol. The molecule has 0 aliphatic heterocycles. The first-order valence-corrected chi connectivity index (χ1v) is 6.84. The summed E-state index contributed by atoms with van der Waals surface area (Å²) in [5, 5.41) is 3.44. The second kappa shape index (κ2) is 6.77. The fraction of sp³-hybridized carbons (Fsp3) is 0.429. The zero-order valence-electron chi connectivity index (χ0n) is 10.4. The zero-order chi connectivity index (χ0) is 11.9. The molecule has 0 saturated heterocycles. The van der Waals surface area contributed by atoms with Crippen LogP contribution in [-0.4, -0.2) is 24.1 Å². The molecule has 1 aromatic rings. The van der Waals surface area contributed by atoms with Crippen molar-refractivity contribution < 1.29 is 0 Å². The van der Waals surface area contributed by atoms with Crippen molar-refractivity contribution in [2.45, 2.75) is 18.6 Å². The molecule has 0 saturated carbocycles. The smallest absolute Gasteiger partial charge is 0.0225 e. The minimum atomic E-state index is 0.320. The molecule has 0 radical (unpaired) electrons. The zero-order valence-corrected chi connectivity index (χ0v) is 11.2. The van der Waals surface area contributed by atoms with Crippen LogP contribution in [0.4, 0.5) is 0 Å². The van der Waals surface area contributed by atoms with E-state index in [1.165, 1.54) is 5.56 Å². The van der Waals surface area contributed by atoms with Crippen LogP contribution in [0.1, 0.15) is 19.4 Å². The van der Waals surface area contributed by atoms with Gasteiger partial charge in [0, 0.05) is 17.8 Å². The maximum absolute atomic E-state index is 3.44. The minimum absolute atomic E-state index is 0.320. The maximum Gasteiger partial charge on any atom is 0.0225 e. The molecule has 0 spiro atoms. The highest BCUT2D eigenvalue weighted by Crippen LogP contribution is 2.19. The molecule has 1 aromatic carbocycles. The van der Waals surface area contributed by atoms with E-state index in [1.54, 1.807) is 0 Å². The second-order valence-electron chi connectivity index (χ2n) is 4.41. The lowest BCUT2D eigenvalue weighted by Gasteiger charge is -2.21. The number of thioether (sulfide) groups is 1. The standard InChI is InChI=1S/C14H21NS/c1-14(2,16-3)12-15-11-7-10-13-8-5-4-6-9-13/h4-10,15H,11-12H2,1-3H3/b10-7+. The minimum Gasteiger partial charge on any atom is -0.312 e. The van der Waals surface area contributed by atoms with Gasteiger partial charge in [-0.05, 0) is 25.7 Å². The summed E-state index contributed by atoms with van der Waals surface area (Å²) >= 11 is 1.89. The van der Waals surface area contributed by atoms with Crippen LogP contribution < -0.4 is 5.32 Å². The van der Waals surface area contributed by atoms with Crippen molar-refractivity contribution in [3.63, 3.8) is 0 Å². The maximum atomic E-state index is 3.44. The Morgan fingerprint density at radius 1 is 1.25 bits per heavy atom. The van der Waals surface area contributed by atoms with Crippen LogP contribution in [0.3, 0.4) is 0 Å². The van der Waals surface area contributed by atoms with Crippen molar-refractivity contribution in [1.29, 1.82) is 0 Å². The molecule has 2 heteroatoms. The fourth-order valence-corrected chi connectivity index (χ4v) is 1.53. The molecule has 0 amide bonds. The van der Waals surface area contributed by atoms with E-state index in [9.17, 15) is 0 Å². The van der Waals surface area contributed by atoms with Gasteiger partial charge < -0.3 is 5.32 Å². The largest absolute Gasteiger partial charge is 0.312 e. The molecule has 0 aliphatic rings. The molecule has 0 heterocycles. The summed E-state index contributed by atoms with van der Waals surface area (Å²) in [6.07, 6.45) is 6.48. The van der Waals surface area contributed by atoms with Crippen molar-refractivity contribution in [1.82, 2.24) is 5.32 Å². The molecule has 1 rings (SSSR count). The predicted octanol–water partition coefficient (Wildman–Crippen LogP) is 3.43. The van der Waals surface area contributed by atoms with E-state index in [-0.39, 0.29) is 0 Å². The van der Waals surface area contributed by atoms with Crippen LogP contribution in [0.25, 0.3) is 6.08 Å². The molecule has 0 aromatic heterocycles. The predicted molar refractivity (Wildman–Crippen MR) is 75.9 cm³/mol. The summed E-state index contributed by atoms with van der Waals surface area (Å²) in [7, 11) is 0. The Balaban J connectivity index is 2.24. The Labute approximate surface area is 103 Å². The lowest BCUT2D eigenvalue weighted by atomic mass is 10.2. The van der Waals surface area contributed by atoms with E-state index in [0.717, 1.165) is 13.1 Å². The number of nitrogens with one attached hydrogen (secondary N) is 1. The molecule has 16 heavy (non-hydrogen) atoms. The van der Waals surface area contributed by atoms with Crippen molar-refractivity contribution >= 4 is 17.8 Å². The van der Waals surface area contributed by atoms with E-state index in [0.29, 0.717) is 4.75 Å². The van der Waals surface area contributed by atoms with Crippen LogP contribution in [0.15, 0.2) is 36.4 Å². The number of hydrogen-bond acceptors (Lipinski definition) is 2. The Morgan fingerprint density at radius 3 is 2.56 bits per heavy atom. The van der Waals surface area contributed by atoms with Crippen LogP contribution in [0.2, 0.25) is 0 Å². The summed E-state index contributed by atoms with van der Waals surface area (Å²) in [6, 6.07) is 10.4. The number of rotatable bonds is 6. The summed E-state index contributed by atoms with van der Waals surface area (Å²) in [6.45, 7) is 6.48. The van der Waals surface area contributed by atoms with Gasteiger partial charge in [0.15, 0.2) is 0 Å². The molecule has 0 unspecified atom stereocenters. The molecule has 0 atom stereocenters. The lowest BCUT2D eigenvalue weighted by molar-refractivity contribution is 0.622. The highest BCUT2D eigenvalue weighted by Gasteiger charge is 2.13. The van der Waals surface area contributed by atoms with E-state index in [4.69, 9.17) is 0 Å². The van der Waals surface area contributed by atoms with Crippen molar-refractivity contribution in [2.24, 2.45) is 0 Å². The van der Waals surface area contributed by atoms with Crippen LogP contribution in [0.5, 0.6) is 0 Å². The van der Waals surface area contributed by atoms with Gasteiger partial charge >= 0.3 is 0 Å². The highest BCUT2D eigenvalue weighted by atomic mass is 32.2. The van der Waals surface area contributed by atoms with E-state index in [2.05, 4.69) is 61.8 Å². The van der Waals surface area contributed by atoms with Crippen LogP contribution in [-0.2, 0) is 0 Å². The molecule has 1 nitrogen and oxygen atoms in total. The molecule has 0 bridgehead atoms. The van der Waals surface area contributed by atoms with Gasteiger partial charge in [-0.3, -0.25) is 0 Å². The van der Waals surface area contributed by atoms with Gasteiger partial charge in [0.2, 0.25) is 0 Å². The van der Waals surface area contributed by atoms with Gasteiger partial charge in [-0.25, -0.2) is 0 Å². The Bertz CT molecular complexity index is 317. The van der Waals surface area contributed by atoms with Crippen molar-refractivity contribution in [3.05, 3.63) is 42.0 Å². The van der Waals surface area contributed by atoms with Gasteiger partial charge in [-0.2, -0.15) is 11.8 Å². The topological polar surface area (TPSA) is 12.0 Å². The third-order valence-corrected chi connectivity index (χ3v) is 3.72. The van der Waals surface area contributed by atoms with Gasteiger partial charge in [0.05, 0.1) is 0 Å². The Morgan fingerprint density at radius 2 is 1.94 bits per heavy atom. The Hall–Kier alpha value is -0.730. The fourth-order valence-electron chi connectivity index (χ4n) is 1.29. The molecule has 0 fully saturated rings. The average molecular weight is 235 g/mol. The van der Waals surface area contributed by atoms with Crippen molar-refractivity contribution in [3.8, 4) is 0 Å². The molecule has 88 valence electrons. The first kappa shape index (κ1) is 13.3. The van der Waals surface area contributed by atoms with Crippen LogP contribution in [0, 0.1) is 0 Å². The number of benzene rings is 1.